The minimum atomic E-state index is -1.16. The third-order valence-corrected chi connectivity index (χ3v) is 6.30. The van der Waals surface area contributed by atoms with Gasteiger partial charge in [0.1, 0.15) is 0 Å². The first kappa shape index (κ1) is 20.5. The molecule has 11 heteroatoms. The Morgan fingerprint density at radius 3 is 2.67 bits per heavy atom. The van der Waals surface area contributed by atoms with E-state index in [0.29, 0.717) is 42.1 Å². The number of carbonyl (C=O) groups is 3. The van der Waals surface area contributed by atoms with Gasteiger partial charge in [0.2, 0.25) is 0 Å². The van der Waals surface area contributed by atoms with Crippen molar-refractivity contribution >= 4 is 35.2 Å². The average Bonchev–Trinajstić information content (AvgIpc) is 2.66. The number of anilines is 1. The minimum absolute atomic E-state index is 0.162. The van der Waals surface area contributed by atoms with Crippen molar-refractivity contribution in [2.24, 2.45) is 0 Å². The van der Waals surface area contributed by atoms with E-state index in [1.165, 1.54) is 12.1 Å². The second-order valence-corrected chi connectivity index (χ2v) is 8.48. The molecule has 1 aromatic carbocycles. The van der Waals surface area contributed by atoms with Crippen LogP contribution in [-0.2, 0) is 9.59 Å². The maximum absolute atomic E-state index is 12.6. The van der Waals surface area contributed by atoms with Gasteiger partial charge in [-0.15, -0.1) is 0 Å². The summed E-state index contributed by atoms with van der Waals surface area (Å²) in [5.41, 5.74) is -1.08. The predicted octanol–water partition coefficient (Wildman–Crippen LogP) is 1.25. The molecule has 1 heterocycles. The Bertz CT molecular complexity index is 898. The summed E-state index contributed by atoms with van der Waals surface area (Å²) in [5, 5.41) is 27.9. The van der Waals surface area contributed by atoms with Gasteiger partial charge in [-0.3, -0.25) is 9.59 Å². The fourth-order valence-electron chi connectivity index (χ4n) is 4.59. The molecule has 2 bridgehead atoms. The van der Waals surface area contributed by atoms with Gasteiger partial charge in [0.15, 0.2) is 24.7 Å². The van der Waals surface area contributed by atoms with Gasteiger partial charge in [-0.1, -0.05) is 11.6 Å². The van der Waals surface area contributed by atoms with Crippen molar-refractivity contribution in [2.45, 2.75) is 49.3 Å². The molecular formula is C19H22ClN3O7. The van der Waals surface area contributed by atoms with E-state index in [1.807, 2.05) is 0 Å². The van der Waals surface area contributed by atoms with Crippen LogP contribution in [0.5, 0.6) is 11.5 Å². The summed E-state index contributed by atoms with van der Waals surface area (Å²) in [7, 11) is 0. The van der Waals surface area contributed by atoms with E-state index in [-0.39, 0.29) is 37.2 Å². The first-order chi connectivity index (χ1) is 14.2. The van der Waals surface area contributed by atoms with E-state index in [0.717, 1.165) is 0 Å². The second-order valence-electron chi connectivity index (χ2n) is 8.04. The van der Waals surface area contributed by atoms with Crippen LogP contribution in [0.25, 0.3) is 0 Å². The van der Waals surface area contributed by atoms with Gasteiger partial charge in [-0.25, -0.2) is 4.79 Å². The summed E-state index contributed by atoms with van der Waals surface area (Å²) in [5.74, 6) is -0.145. The zero-order valence-corrected chi connectivity index (χ0v) is 16.8. The highest BCUT2D eigenvalue weighted by Gasteiger charge is 2.55. The Morgan fingerprint density at radius 1 is 1.27 bits per heavy atom. The van der Waals surface area contributed by atoms with Crippen LogP contribution >= 0.6 is 11.6 Å². The topological polar surface area (TPSA) is 146 Å². The predicted molar refractivity (Wildman–Crippen MR) is 105 cm³/mol. The molecule has 0 radical (unpaired) electrons. The summed E-state index contributed by atoms with van der Waals surface area (Å²) in [6.07, 6.45) is 0.211. The number of halogens is 1. The van der Waals surface area contributed by atoms with Crippen molar-refractivity contribution in [2.75, 3.05) is 18.5 Å². The number of aliphatic hydroxyl groups is 1. The molecule has 30 heavy (non-hydrogen) atoms. The van der Waals surface area contributed by atoms with Crippen LogP contribution in [0.2, 0.25) is 5.02 Å². The maximum Gasteiger partial charge on any atom is 0.405 e. The summed E-state index contributed by atoms with van der Waals surface area (Å²) >= 11 is 6.05. The first-order valence-corrected chi connectivity index (χ1v) is 9.97. The highest BCUT2D eigenvalue weighted by atomic mass is 35.5. The van der Waals surface area contributed by atoms with Gasteiger partial charge in [0.25, 0.3) is 11.8 Å². The summed E-state index contributed by atoms with van der Waals surface area (Å²) in [4.78, 5) is 35.1. The monoisotopic (exact) mass is 439 g/mol. The Labute approximate surface area is 176 Å². The zero-order valence-electron chi connectivity index (χ0n) is 16.0. The highest BCUT2D eigenvalue weighted by molar-refractivity contribution is 6.31. The quantitative estimate of drug-likeness (QED) is 0.464. The highest BCUT2D eigenvalue weighted by Crippen LogP contribution is 2.47. The number of hydrogen-bond acceptors (Lipinski definition) is 6. The van der Waals surface area contributed by atoms with Gasteiger partial charge in [-0.05, 0) is 38.2 Å². The number of amides is 3. The number of hydrogen-bond donors (Lipinski definition) is 5. The number of benzene rings is 1. The zero-order chi connectivity index (χ0) is 21.5. The molecule has 1 atom stereocenters. The van der Waals surface area contributed by atoms with E-state index in [2.05, 4.69) is 16.0 Å². The first-order valence-electron chi connectivity index (χ1n) is 9.60. The molecule has 3 fully saturated rings. The lowest BCUT2D eigenvalue weighted by Crippen LogP contribution is -2.70. The van der Waals surface area contributed by atoms with Gasteiger partial charge < -0.3 is 35.6 Å². The van der Waals surface area contributed by atoms with Gasteiger partial charge >= 0.3 is 6.09 Å². The van der Waals surface area contributed by atoms with E-state index in [4.69, 9.17) is 26.2 Å². The van der Waals surface area contributed by atoms with Crippen LogP contribution in [0.15, 0.2) is 12.1 Å². The van der Waals surface area contributed by atoms with Crippen molar-refractivity contribution in [1.82, 2.24) is 10.6 Å². The molecule has 10 nitrogen and oxygen atoms in total. The van der Waals surface area contributed by atoms with Crippen molar-refractivity contribution < 1.29 is 34.1 Å². The molecule has 3 aliphatic carbocycles. The third-order valence-electron chi connectivity index (χ3n) is 6.08. The number of ether oxygens (including phenoxy) is 2. The number of nitrogens with one attached hydrogen (secondary N) is 3. The summed E-state index contributed by atoms with van der Waals surface area (Å²) < 4.78 is 11.0. The van der Waals surface area contributed by atoms with Crippen LogP contribution in [0.4, 0.5) is 10.5 Å². The number of carboxylic acid groups (broad SMARTS) is 1. The van der Waals surface area contributed by atoms with Crippen LogP contribution in [0.1, 0.15) is 32.1 Å². The van der Waals surface area contributed by atoms with E-state index >= 15 is 0 Å². The van der Waals surface area contributed by atoms with Gasteiger partial charge in [0.05, 0.1) is 17.3 Å². The van der Waals surface area contributed by atoms with Crippen LogP contribution in [-0.4, -0.2) is 58.5 Å². The standard InChI is InChI=1S/C19H22ClN3O7/c20-10-5-11-16(30-8-14(25)21-11)12(6-10)29-9-15(26)22-18-1-3-19(4-2-18,13(24)7-18)23-17(27)28/h5-6,13,23-24H,1-4,7-9H2,(H,21,25)(H,22,26)(H,27,28). The third kappa shape index (κ3) is 3.84. The molecule has 1 aromatic rings. The van der Waals surface area contributed by atoms with Crippen molar-refractivity contribution in [3.05, 3.63) is 17.2 Å². The molecule has 0 spiro atoms. The van der Waals surface area contributed by atoms with Crippen LogP contribution in [0.3, 0.4) is 0 Å². The Morgan fingerprint density at radius 2 is 2.00 bits per heavy atom. The molecular weight excluding hydrogens is 418 g/mol. The molecule has 1 aliphatic heterocycles. The van der Waals surface area contributed by atoms with Gasteiger partial charge in [-0.2, -0.15) is 0 Å². The van der Waals surface area contributed by atoms with Crippen molar-refractivity contribution in [3.63, 3.8) is 0 Å². The molecule has 5 rings (SSSR count). The lowest BCUT2D eigenvalue weighted by molar-refractivity contribution is -0.129. The second kappa shape index (κ2) is 7.51. The van der Waals surface area contributed by atoms with Crippen LogP contribution in [0, 0.1) is 0 Å². The molecule has 3 saturated carbocycles. The van der Waals surface area contributed by atoms with Crippen molar-refractivity contribution in [1.29, 1.82) is 0 Å². The number of fused-ring (bicyclic) bond motifs is 4. The van der Waals surface area contributed by atoms with E-state index < -0.39 is 23.3 Å². The van der Waals surface area contributed by atoms with Crippen molar-refractivity contribution in [3.8, 4) is 11.5 Å². The number of aliphatic hydroxyl groups excluding tert-OH is 1. The molecule has 1 unspecified atom stereocenters. The maximum atomic E-state index is 12.6. The smallest absolute Gasteiger partial charge is 0.405 e. The normalized spacial score (nSPS) is 29.3. The molecule has 0 saturated heterocycles. The fraction of sp³-hybridized carbons (Fsp3) is 0.526. The average molecular weight is 440 g/mol. The Balaban J connectivity index is 1.39. The van der Waals surface area contributed by atoms with Crippen LogP contribution < -0.4 is 25.4 Å². The Hall–Kier alpha value is -2.72. The van der Waals surface area contributed by atoms with E-state index in [9.17, 15) is 19.5 Å². The number of rotatable bonds is 5. The number of carbonyl (C=O) groups excluding carboxylic acids is 2. The molecule has 0 aromatic heterocycles. The summed E-state index contributed by atoms with van der Waals surface area (Å²) in [6, 6.07) is 3.03. The largest absolute Gasteiger partial charge is 0.480 e. The minimum Gasteiger partial charge on any atom is -0.480 e. The molecule has 4 aliphatic rings. The SMILES string of the molecule is O=C(O)NC12CCC(NC(=O)COc3cc(Cl)cc4c3OCC(=O)N4)(CC1)CC2O. The molecule has 162 valence electrons. The Kier molecular flexibility index (Phi) is 5.15. The lowest BCUT2D eigenvalue weighted by Gasteiger charge is -2.55. The molecule has 5 N–H and O–H groups in total. The lowest BCUT2D eigenvalue weighted by atomic mass is 9.60. The fourth-order valence-corrected chi connectivity index (χ4v) is 4.80. The van der Waals surface area contributed by atoms with Gasteiger partial charge in [0, 0.05) is 16.6 Å². The molecule has 3 amide bonds. The summed E-state index contributed by atoms with van der Waals surface area (Å²) in [6.45, 7) is -0.467. The van der Waals surface area contributed by atoms with E-state index in [1.54, 1.807) is 0 Å².